The first-order valence-electron chi connectivity index (χ1n) is 7.57. The molecule has 1 aromatic rings. The molecule has 3 rings (SSSR count). The third-order valence-corrected chi connectivity index (χ3v) is 5.43. The number of thioether (sulfide) groups is 1. The maximum absolute atomic E-state index is 12.6. The number of benzene rings is 1. The molecule has 0 aliphatic carbocycles. The van der Waals surface area contributed by atoms with Gasteiger partial charge in [0.15, 0.2) is 0 Å². The minimum atomic E-state index is -0.299. The number of carbonyl (C=O) groups excluding carboxylic acids is 1. The van der Waals surface area contributed by atoms with Gasteiger partial charge in [0.25, 0.3) is 0 Å². The Hall–Kier alpha value is -1.04. The van der Waals surface area contributed by atoms with Crippen LogP contribution >= 0.6 is 11.8 Å². The SMILES string of the molecule is C[C@@H](O)CN1CCN(C(=O)[C@H]2Cc3ccccc3S2)CC1. The number of β-amino-alcohol motifs (C(OH)–C–C–N with tert-alkyl or cyclic N) is 1. The largest absolute Gasteiger partial charge is 0.392 e. The normalized spacial score (nSPS) is 23.9. The molecule has 0 saturated carbocycles. The summed E-state index contributed by atoms with van der Waals surface area (Å²) in [6, 6.07) is 8.30. The topological polar surface area (TPSA) is 43.8 Å². The number of fused-ring (bicyclic) bond motifs is 1. The molecule has 0 bridgehead atoms. The fraction of sp³-hybridized carbons (Fsp3) is 0.562. The quantitative estimate of drug-likeness (QED) is 0.912. The molecule has 1 aromatic carbocycles. The highest BCUT2D eigenvalue weighted by atomic mass is 32.2. The number of carbonyl (C=O) groups is 1. The molecule has 1 saturated heterocycles. The second kappa shape index (κ2) is 6.38. The van der Waals surface area contributed by atoms with E-state index in [1.54, 1.807) is 11.8 Å². The maximum Gasteiger partial charge on any atom is 0.236 e. The standard InChI is InChI=1S/C16H22N2O2S/c1-12(19)11-17-6-8-18(9-7-17)16(20)15-10-13-4-2-3-5-14(13)21-15/h2-5,12,15,19H,6-11H2,1H3/t12-,15-/m1/s1. The van der Waals surface area contributed by atoms with E-state index in [9.17, 15) is 9.90 Å². The zero-order chi connectivity index (χ0) is 14.8. The zero-order valence-corrected chi connectivity index (χ0v) is 13.2. The summed E-state index contributed by atoms with van der Waals surface area (Å²) >= 11 is 1.70. The van der Waals surface area contributed by atoms with Gasteiger partial charge in [-0.1, -0.05) is 18.2 Å². The van der Waals surface area contributed by atoms with Gasteiger partial charge in [-0.05, 0) is 25.0 Å². The molecule has 1 amide bonds. The van der Waals surface area contributed by atoms with E-state index in [0.29, 0.717) is 6.54 Å². The summed E-state index contributed by atoms with van der Waals surface area (Å²) in [5.41, 5.74) is 1.30. The van der Waals surface area contributed by atoms with Crippen LogP contribution in [-0.4, -0.2) is 64.9 Å². The maximum atomic E-state index is 12.6. The second-order valence-corrected chi connectivity index (χ2v) is 7.14. The monoisotopic (exact) mass is 306 g/mol. The summed E-state index contributed by atoms with van der Waals surface area (Å²) in [5.74, 6) is 0.271. The minimum absolute atomic E-state index is 0.0470. The first kappa shape index (κ1) is 14.9. The number of nitrogens with zero attached hydrogens (tertiary/aromatic N) is 2. The summed E-state index contributed by atoms with van der Waals surface area (Å²) in [6.07, 6.45) is 0.556. The molecule has 0 radical (unpaired) electrons. The summed E-state index contributed by atoms with van der Waals surface area (Å²) in [6.45, 7) is 5.79. The molecular formula is C16H22N2O2S. The van der Waals surface area contributed by atoms with Crippen molar-refractivity contribution in [3.8, 4) is 0 Å². The van der Waals surface area contributed by atoms with Crippen LogP contribution in [0.25, 0.3) is 0 Å². The Kier molecular flexibility index (Phi) is 4.52. The first-order chi connectivity index (χ1) is 10.1. The van der Waals surface area contributed by atoms with Crippen molar-refractivity contribution in [1.82, 2.24) is 9.80 Å². The molecule has 0 aromatic heterocycles. The van der Waals surface area contributed by atoms with Gasteiger partial charge in [-0.15, -0.1) is 11.8 Å². The molecule has 2 aliphatic heterocycles. The highest BCUT2D eigenvalue weighted by Gasteiger charge is 2.32. The second-order valence-electron chi connectivity index (χ2n) is 5.89. The van der Waals surface area contributed by atoms with Crippen LogP contribution in [0.2, 0.25) is 0 Å². The van der Waals surface area contributed by atoms with Crippen molar-refractivity contribution in [2.24, 2.45) is 0 Å². The van der Waals surface area contributed by atoms with Crippen molar-refractivity contribution in [1.29, 1.82) is 0 Å². The average molecular weight is 306 g/mol. The van der Waals surface area contributed by atoms with Gasteiger partial charge in [-0.3, -0.25) is 9.69 Å². The van der Waals surface area contributed by atoms with Gasteiger partial charge in [-0.2, -0.15) is 0 Å². The Morgan fingerprint density at radius 3 is 2.71 bits per heavy atom. The number of amides is 1. The average Bonchev–Trinajstić information content (AvgIpc) is 2.90. The van der Waals surface area contributed by atoms with Gasteiger partial charge in [0.05, 0.1) is 11.4 Å². The van der Waals surface area contributed by atoms with E-state index in [1.165, 1.54) is 10.5 Å². The molecule has 1 N–H and O–H groups in total. The van der Waals surface area contributed by atoms with Gasteiger partial charge >= 0.3 is 0 Å². The van der Waals surface area contributed by atoms with Crippen LogP contribution in [0.15, 0.2) is 29.2 Å². The van der Waals surface area contributed by atoms with E-state index in [4.69, 9.17) is 0 Å². The smallest absolute Gasteiger partial charge is 0.236 e. The molecule has 5 heteroatoms. The van der Waals surface area contributed by atoms with Crippen molar-refractivity contribution < 1.29 is 9.90 Å². The van der Waals surface area contributed by atoms with Crippen LogP contribution in [0, 0.1) is 0 Å². The molecule has 0 spiro atoms. The highest BCUT2D eigenvalue weighted by molar-refractivity contribution is 8.01. The van der Waals surface area contributed by atoms with Gasteiger partial charge in [0, 0.05) is 37.6 Å². The summed E-state index contributed by atoms with van der Waals surface area (Å²) in [7, 11) is 0. The van der Waals surface area contributed by atoms with Crippen molar-refractivity contribution in [2.75, 3.05) is 32.7 Å². The van der Waals surface area contributed by atoms with E-state index >= 15 is 0 Å². The Morgan fingerprint density at radius 1 is 1.33 bits per heavy atom. The van der Waals surface area contributed by atoms with E-state index in [0.717, 1.165) is 32.6 Å². The summed E-state index contributed by atoms with van der Waals surface area (Å²) < 4.78 is 0. The first-order valence-corrected chi connectivity index (χ1v) is 8.45. The predicted molar refractivity (Wildman–Crippen MR) is 84.5 cm³/mol. The molecule has 2 heterocycles. The fourth-order valence-corrected chi connectivity index (χ4v) is 4.33. The lowest BCUT2D eigenvalue weighted by molar-refractivity contribution is -0.132. The van der Waals surface area contributed by atoms with Gasteiger partial charge in [0.1, 0.15) is 0 Å². The van der Waals surface area contributed by atoms with Gasteiger partial charge < -0.3 is 10.0 Å². The van der Waals surface area contributed by atoms with Crippen LogP contribution in [0.5, 0.6) is 0 Å². The number of hydrogen-bond donors (Lipinski definition) is 1. The Balaban J connectivity index is 1.54. The van der Waals surface area contributed by atoms with Crippen LogP contribution in [0.3, 0.4) is 0 Å². The summed E-state index contributed by atoms with van der Waals surface area (Å²) in [5, 5.41) is 9.47. The molecule has 2 aliphatic rings. The van der Waals surface area contributed by atoms with E-state index < -0.39 is 0 Å². The third kappa shape index (κ3) is 3.42. The van der Waals surface area contributed by atoms with Crippen LogP contribution in [-0.2, 0) is 11.2 Å². The molecule has 4 nitrogen and oxygen atoms in total. The number of rotatable bonds is 3. The van der Waals surface area contributed by atoms with Gasteiger partial charge in [0.2, 0.25) is 5.91 Å². The fourth-order valence-electron chi connectivity index (χ4n) is 3.05. The Morgan fingerprint density at radius 2 is 2.05 bits per heavy atom. The molecule has 114 valence electrons. The highest BCUT2D eigenvalue weighted by Crippen LogP contribution is 2.37. The molecule has 1 fully saturated rings. The Bertz CT molecular complexity index is 488. The lowest BCUT2D eigenvalue weighted by Crippen LogP contribution is -2.52. The summed E-state index contributed by atoms with van der Waals surface area (Å²) in [4.78, 5) is 18.1. The van der Waals surface area contributed by atoms with E-state index in [-0.39, 0.29) is 17.3 Å². The number of aliphatic hydroxyl groups is 1. The number of hydrogen-bond acceptors (Lipinski definition) is 4. The van der Waals surface area contributed by atoms with Crippen molar-refractivity contribution in [3.63, 3.8) is 0 Å². The Labute approximate surface area is 130 Å². The van der Waals surface area contributed by atoms with Crippen LogP contribution < -0.4 is 0 Å². The lowest BCUT2D eigenvalue weighted by Gasteiger charge is -2.36. The van der Waals surface area contributed by atoms with Crippen LogP contribution in [0.1, 0.15) is 12.5 Å². The molecule has 21 heavy (non-hydrogen) atoms. The zero-order valence-electron chi connectivity index (χ0n) is 12.4. The third-order valence-electron chi connectivity index (χ3n) is 4.13. The van der Waals surface area contributed by atoms with E-state index in [1.807, 2.05) is 24.0 Å². The number of aliphatic hydroxyl groups excluding tert-OH is 1. The molecular weight excluding hydrogens is 284 g/mol. The molecule has 0 unspecified atom stereocenters. The van der Waals surface area contributed by atoms with Crippen molar-refractivity contribution in [3.05, 3.63) is 29.8 Å². The van der Waals surface area contributed by atoms with E-state index in [2.05, 4.69) is 17.0 Å². The minimum Gasteiger partial charge on any atom is -0.392 e. The van der Waals surface area contributed by atoms with Crippen LogP contribution in [0.4, 0.5) is 0 Å². The van der Waals surface area contributed by atoms with Crippen molar-refractivity contribution >= 4 is 17.7 Å². The van der Waals surface area contributed by atoms with Gasteiger partial charge in [-0.25, -0.2) is 0 Å². The number of piperazine rings is 1. The van der Waals surface area contributed by atoms with Crippen molar-refractivity contribution in [2.45, 2.75) is 29.6 Å². The predicted octanol–water partition coefficient (Wildman–Crippen LogP) is 1.23. The molecule has 2 atom stereocenters. The lowest BCUT2D eigenvalue weighted by atomic mass is 10.1.